The fraction of sp³-hybridized carbons (Fsp3) is 0.364. The SMILES string of the molecule is CONC(=O)[C@@](C)(N)Cc1ccc(Cl)cc1. The maximum Gasteiger partial charge on any atom is 0.263 e. The Kier molecular flexibility index (Phi) is 4.29. The molecule has 0 aromatic heterocycles. The molecule has 0 saturated carbocycles. The van der Waals surface area contributed by atoms with E-state index in [0.29, 0.717) is 11.4 Å². The van der Waals surface area contributed by atoms with Crippen LogP contribution in [0.15, 0.2) is 24.3 Å². The summed E-state index contributed by atoms with van der Waals surface area (Å²) in [5, 5.41) is 0.656. The summed E-state index contributed by atoms with van der Waals surface area (Å²) >= 11 is 5.76. The number of halogens is 1. The van der Waals surface area contributed by atoms with E-state index in [0.717, 1.165) is 5.56 Å². The Morgan fingerprint density at radius 2 is 2.06 bits per heavy atom. The first-order valence-electron chi connectivity index (χ1n) is 4.82. The lowest BCUT2D eigenvalue weighted by Crippen LogP contribution is -2.52. The molecule has 0 unspecified atom stereocenters. The topological polar surface area (TPSA) is 64.3 Å². The van der Waals surface area contributed by atoms with Gasteiger partial charge in [-0.2, -0.15) is 0 Å². The van der Waals surface area contributed by atoms with Crippen molar-refractivity contribution in [3.63, 3.8) is 0 Å². The number of rotatable bonds is 4. The molecule has 1 amide bonds. The lowest BCUT2D eigenvalue weighted by Gasteiger charge is -2.22. The molecule has 0 aliphatic carbocycles. The first kappa shape index (κ1) is 13.0. The highest BCUT2D eigenvalue weighted by atomic mass is 35.5. The number of hydrogen-bond acceptors (Lipinski definition) is 3. The molecular formula is C11H15ClN2O2. The molecule has 0 fully saturated rings. The number of nitrogens with two attached hydrogens (primary N) is 1. The van der Waals surface area contributed by atoms with Crippen molar-refractivity contribution in [2.24, 2.45) is 5.73 Å². The average molecular weight is 243 g/mol. The molecule has 0 saturated heterocycles. The zero-order valence-electron chi connectivity index (χ0n) is 9.29. The van der Waals surface area contributed by atoms with Gasteiger partial charge in [0, 0.05) is 5.02 Å². The molecule has 0 aliphatic rings. The Labute approximate surface area is 99.7 Å². The van der Waals surface area contributed by atoms with Crippen molar-refractivity contribution in [2.75, 3.05) is 7.11 Å². The molecule has 0 radical (unpaired) electrons. The number of hydrogen-bond donors (Lipinski definition) is 2. The van der Waals surface area contributed by atoms with Crippen molar-refractivity contribution in [1.82, 2.24) is 5.48 Å². The highest BCUT2D eigenvalue weighted by Crippen LogP contribution is 2.14. The van der Waals surface area contributed by atoms with E-state index in [1.807, 2.05) is 12.1 Å². The van der Waals surface area contributed by atoms with Crippen molar-refractivity contribution >= 4 is 17.5 Å². The normalized spacial score (nSPS) is 14.2. The minimum Gasteiger partial charge on any atom is -0.317 e. The van der Waals surface area contributed by atoms with Gasteiger partial charge in [0.1, 0.15) is 0 Å². The molecule has 0 aliphatic heterocycles. The second kappa shape index (κ2) is 5.30. The summed E-state index contributed by atoms with van der Waals surface area (Å²) in [7, 11) is 1.37. The first-order chi connectivity index (χ1) is 7.45. The van der Waals surface area contributed by atoms with Gasteiger partial charge >= 0.3 is 0 Å². The molecular weight excluding hydrogens is 228 g/mol. The van der Waals surface area contributed by atoms with Gasteiger partial charge in [-0.25, -0.2) is 5.48 Å². The van der Waals surface area contributed by atoms with E-state index in [-0.39, 0.29) is 5.91 Å². The van der Waals surface area contributed by atoms with E-state index < -0.39 is 5.54 Å². The lowest BCUT2D eigenvalue weighted by atomic mass is 9.93. The Morgan fingerprint density at radius 1 is 1.50 bits per heavy atom. The minimum atomic E-state index is -1.01. The molecule has 1 aromatic carbocycles. The fourth-order valence-electron chi connectivity index (χ4n) is 1.32. The van der Waals surface area contributed by atoms with Crippen LogP contribution >= 0.6 is 11.6 Å². The molecule has 0 spiro atoms. The number of carbonyl (C=O) groups excluding carboxylic acids is 1. The quantitative estimate of drug-likeness (QED) is 0.782. The molecule has 1 rings (SSSR count). The average Bonchev–Trinajstić information content (AvgIpc) is 2.21. The third-order valence-electron chi connectivity index (χ3n) is 2.20. The van der Waals surface area contributed by atoms with Crippen LogP contribution in [0.1, 0.15) is 12.5 Å². The van der Waals surface area contributed by atoms with Crippen molar-refractivity contribution in [2.45, 2.75) is 18.9 Å². The molecule has 88 valence electrons. The van der Waals surface area contributed by atoms with E-state index in [1.165, 1.54) is 7.11 Å². The number of benzene rings is 1. The van der Waals surface area contributed by atoms with Gasteiger partial charge in [0.2, 0.25) is 0 Å². The van der Waals surface area contributed by atoms with Gasteiger partial charge in [-0.1, -0.05) is 23.7 Å². The van der Waals surface area contributed by atoms with Crippen molar-refractivity contribution in [3.8, 4) is 0 Å². The van der Waals surface area contributed by atoms with Gasteiger partial charge < -0.3 is 5.73 Å². The first-order valence-corrected chi connectivity index (χ1v) is 5.20. The third-order valence-corrected chi connectivity index (χ3v) is 2.45. The van der Waals surface area contributed by atoms with Crippen LogP contribution in [0.3, 0.4) is 0 Å². The Balaban J connectivity index is 2.72. The fourth-order valence-corrected chi connectivity index (χ4v) is 1.44. The van der Waals surface area contributed by atoms with Gasteiger partial charge in [-0.05, 0) is 31.0 Å². The van der Waals surface area contributed by atoms with Crippen LogP contribution in [-0.2, 0) is 16.1 Å². The van der Waals surface area contributed by atoms with Gasteiger partial charge in [-0.3, -0.25) is 9.63 Å². The van der Waals surface area contributed by atoms with Crippen LogP contribution in [0.4, 0.5) is 0 Å². The van der Waals surface area contributed by atoms with E-state index >= 15 is 0 Å². The van der Waals surface area contributed by atoms with Crippen molar-refractivity contribution in [3.05, 3.63) is 34.9 Å². The van der Waals surface area contributed by atoms with Gasteiger partial charge in [0.15, 0.2) is 0 Å². The molecule has 1 atom stereocenters. The summed E-state index contributed by atoms with van der Waals surface area (Å²) in [5.41, 5.74) is 8.05. The molecule has 3 N–H and O–H groups in total. The Bertz CT molecular complexity index is 363. The standard InChI is InChI=1S/C11H15ClN2O2/c1-11(13,10(15)14-16-2)7-8-3-5-9(12)6-4-8/h3-6H,7,13H2,1-2H3,(H,14,15)/t11-/m0/s1. The molecule has 16 heavy (non-hydrogen) atoms. The number of amides is 1. The summed E-state index contributed by atoms with van der Waals surface area (Å²) in [6.45, 7) is 1.65. The van der Waals surface area contributed by atoms with Gasteiger partial charge in [0.05, 0.1) is 12.6 Å². The zero-order valence-corrected chi connectivity index (χ0v) is 10.0. The Morgan fingerprint density at radius 3 is 2.56 bits per heavy atom. The van der Waals surface area contributed by atoms with Crippen molar-refractivity contribution < 1.29 is 9.63 Å². The number of nitrogens with one attached hydrogen (secondary N) is 1. The minimum absolute atomic E-state index is 0.357. The third kappa shape index (κ3) is 3.48. The number of hydroxylamine groups is 1. The highest BCUT2D eigenvalue weighted by Gasteiger charge is 2.28. The van der Waals surface area contributed by atoms with Crippen LogP contribution in [-0.4, -0.2) is 18.6 Å². The van der Waals surface area contributed by atoms with E-state index in [4.69, 9.17) is 17.3 Å². The van der Waals surface area contributed by atoms with E-state index in [1.54, 1.807) is 19.1 Å². The second-order valence-corrected chi connectivity index (χ2v) is 4.29. The molecule has 0 bridgehead atoms. The second-order valence-electron chi connectivity index (χ2n) is 3.86. The van der Waals surface area contributed by atoms with E-state index in [2.05, 4.69) is 10.3 Å². The van der Waals surface area contributed by atoms with Crippen molar-refractivity contribution in [1.29, 1.82) is 0 Å². The molecule has 1 aromatic rings. The zero-order chi connectivity index (χ0) is 12.2. The summed E-state index contributed by atoms with van der Waals surface area (Å²) in [6.07, 6.45) is 0.416. The largest absolute Gasteiger partial charge is 0.317 e. The van der Waals surface area contributed by atoms with Crippen LogP contribution in [0.25, 0.3) is 0 Å². The molecule has 0 heterocycles. The summed E-state index contributed by atoms with van der Waals surface area (Å²) in [6, 6.07) is 7.21. The molecule has 4 nitrogen and oxygen atoms in total. The van der Waals surface area contributed by atoms with Gasteiger partial charge in [0.25, 0.3) is 5.91 Å². The summed E-state index contributed by atoms with van der Waals surface area (Å²) < 4.78 is 0. The summed E-state index contributed by atoms with van der Waals surface area (Å²) in [5.74, 6) is -0.357. The predicted octanol–water partition coefficient (Wildman–Crippen LogP) is 1.28. The monoisotopic (exact) mass is 242 g/mol. The van der Waals surface area contributed by atoms with E-state index in [9.17, 15) is 4.79 Å². The lowest BCUT2D eigenvalue weighted by molar-refractivity contribution is -0.136. The maximum atomic E-state index is 11.5. The summed E-state index contributed by atoms with van der Waals surface area (Å²) in [4.78, 5) is 16.1. The van der Waals surface area contributed by atoms with Crippen LogP contribution in [0.5, 0.6) is 0 Å². The Hall–Kier alpha value is -1.10. The molecule has 5 heteroatoms. The maximum absolute atomic E-state index is 11.5. The van der Waals surface area contributed by atoms with Crippen LogP contribution in [0.2, 0.25) is 5.02 Å². The van der Waals surface area contributed by atoms with Crippen LogP contribution in [0, 0.1) is 0 Å². The highest BCUT2D eigenvalue weighted by molar-refractivity contribution is 6.30. The van der Waals surface area contributed by atoms with Gasteiger partial charge in [-0.15, -0.1) is 0 Å². The van der Waals surface area contributed by atoms with Crippen LogP contribution < -0.4 is 11.2 Å². The number of carbonyl (C=O) groups is 1. The predicted molar refractivity (Wildman–Crippen MR) is 62.9 cm³/mol. The smallest absolute Gasteiger partial charge is 0.263 e.